The third-order valence-electron chi connectivity index (χ3n) is 4.69. The van der Waals surface area contributed by atoms with Crippen LogP contribution in [0.4, 0.5) is 4.79 Å². The summed E-state index contributed by atoms with van der Waals surface area (Å²) in [5.41, 5.74) is 3.12. The molecule has 0 aromatic heterocycles. The molecule has 0 unspecified atom stereocenters. The normalized spacial score (nSPS) is 21.5. The van der Waals surface area contributed by atoms with E-state index in [1.54, 1.807) is 0 Å². The summed E-state index contributed by atoms with van der Waals surface area (Å²) in [5.74, 6) is 1.80. The number of methoxy groups -OCH3 is 1. The lowest BCUT2D eigenvalue weighted by atomic mass is 9.92. The molecule has 0 radical (unpaired) electrons. The summed E-state index contributed by atoms with van der Waals surface area (Å²) in [6, 6.07) is 7.01. The highest BCUT2D eigenvalue weighted by Crippen LogP contribution is 2.29. The van der Waals surface area contributed by atoms with Crippen LogP contribution in [0.1, 0.15) is 17.2 Å². The van der Waals surface area contributed by atoms with Crippen molar-refractivity contribution in [2.24, 2.45) is 0 Å². The van der Waals surface area contributed by atoms with Crippen LogP contribution in [0.5, 0.6) is 0 Å². The summed E-state index contributed by atoms with van der Waals surface area (Å²) in [5, 5.41) is 5.73. The number of hydrogen-bond donors (Lipinski definition) is 3. The van der Waals surface area contributed by atoms with Gasteiger partial charge in [0.25, 0.3) is 0 Å². The Hall–Kier alpha value is -1.99. The van der Waals surface area contributed by atoms with E-state index in [4.69, 9.17) is 4.74 Å². The number of aryl methyl sites for hydroxylation is 1. The first kappa shape index (κ1) is 17.8. The van der Waals surface area contributed by atoms with Gasteiger partial charge in [-0.05, 0) is 18.1 Å². The lowest BCUT2D eigenvalue weighted by Gasteiger charge is -2.32. The number of carbonyl (C=O) groups excluding carboxylic acids is 2. The predicted molar refractivity (Wildman–Crippen MR) is 97.5 cm³/mol. The lowest BCUT2D eigenvalue weighted by Crippen LogP contribution is -3.14. The van der Waals surface area contributed by atoms with E-state index in [9.17, 15) is 9.59 Å². The second kappa shape index (κ2) is 7.93. The van der Waals surface area contributed by atoms with E-state index >= 15 is 0 Å². The van der Waals surface area contributed by atoms with Gasteiger partial charge in [-0.15, -0.1) is 0 Å². The van der Waals surface area contributed by atoms with Gasteiger partial charge in [-0.25, -0.2) is 9.59 Å². The Balaban J connectivity index is 2.00. The number of rotatable bonds is 4. The van der Waals surface area contributed by atoms with Gasteiger partial charge in [0.2, 0.25) is 0 Å². The van der Waals surface area contributed by atoms with E-state index in [0.717, 1.165) is 35.7 Å². The average molecular weight is 362 g/mol. The molecule has 0 spiro atoms. The molecular weight excluding hydrogens is 338 g/mol. The molecule has 0 bridgehead atoms. The van der Waals surface area contributed by atoms with Crippen LogP contribution in [0.15, 0.2) is 35.5 Å². The fourth-order valence-electron chi connectivity index (χ4n) is 3.34. The maximum absolute atomic E-state index is 12.5. The first-order chi connectivity index (χ1) is 12.1. The fourth-order valence-corrected chi connectivity index (χ4v) is 4.41. The van der Waals surface area contributed by atoms with Crippen LogP contribution in [-0.4, -0.2) is 50.3 Å². The van der Waals surface area contributed by atoms with E-state index in [1.807, 2.05) is 43.0 Å². The fraction of sp³-hybridized carbons (Fsp3) is 0.444. The Kier molecular flexibility index (Phi) is 5.65. The summed E-state index contributed by atoms with van der Waals surface area (Å²) in [4.78, 5) is 26.2. The minimum absolute atomic E-state index is 0.276. The molecule has 3 N–H and O–H groups in total. The number of hydrogen-bond acceptors (Lipinski definition) is 4. The van der Waals surface area contributed by atoms with Crippen molar-refractivity contribution in [3.8, 4) is 0 Å². The summed E-state index contributed by atoms with van der Waals surface area (Å²) in [6.45, 7) is 4.66. The molecule has 3 rings (SSSR count). The Morgan fingerprint density at radius 2 is 2.04 bits per heavy atom. The first-order valence-electron chi connectivity index (χ1n) is 8.46. The molecule has 134 valence electrons. The van der Waals surface area contributed by atoms with Gasteiger partial charge in [-0.2, -0.15) is 11.8 Å². The minimum atomic E-state index is -0.490. The number of nitrogens with one attached hydrogen (secondary N) is 3. The van der Waals surface area contributed by atoms with Gasteiger partial charge in [-0.3, -0.25) is 0 Å². The number of carbonyl (C=O) groups is 2. The van der Waals surface area contributed by atoms with Crippen molar-refractivity contribution < 1.29 is 19.2 Å². The second-order valence-electron chi connectivity index (χ2n) is 6.31. The summed E-state index contributed by atoms with van der Waals surface area (Å²) in [6.07, 6.45) is 0. The maximum atomic E-state index is 12.5. The third-order valence-corrected chi connectivity index (χ3v) is 5.67. The van der Waals surface area contributed by atoms with Gasteiger partial charge in [0.15, 0.2) is 0 Å². The molecule has 1 aromatic carbocycles. The molecule has 0 aliphatic carbocycles. The number of esters is 1. The number of amides is 2. The van der Waals surface area contributed by atoms with Gasteiger partial charge in [0.1, 0.15) is 6.54 Å². The van der Waals surface area contributed by atoms with Crippen LogP contribution in [0.2, 0.25) is 0 Å². The monoisotopic (exact) mass is 362 g/mol. The highest BCUT2D eigenvalue weighted by atomic mass is 32.2. The van der Waals surface area contributed by atoms with Crippen molar-refractivity contribution in [1.29, 1.82) is 0 Å². The van der Waals surface area contributed by atoms with E-state index in [2.05, 4.69) is 10.6 Å². The zero-order valence-corrected chi connectivity index (χ0v) is 15.4. The SMILES string of the molecule is COC(=O)C1=C(C[NH+]2CCSCC2)NC(=O)N[C@@H]1c1ccccc1C. The summed E-state index contributed by atoms with van der Waals surface area (Å²) >= 11 is 1.94. The van der Waals surface area contributed by atoms with E-state index in [0.29, 0.717) is 17.8 Å². The Morgan fingerprint density at radius 1 is 1.32 bits per heavy atom. The van der Waals surface area contributed by atoms with E-state index < -0.39 is 12.0 Å². The molecule has 7 heteroatoms. The first-order valence-corrected chi connectivity index (χ1v) is 9.61. The van der Waals surface area contributed by atoms with Gasteiger partial charge < -0.3 is 20.3 Å². The summed E-state index contributed by atoms with van der Waals surface area (Å²) in [7, 11) is 1.38. The molecule has 6 nitrogen and oxygen atoms in total. The molecule has 2 aliphatic rings. The van der Waals surface area contributed by atoms with E-state index in [-0.39, 0.29) is 6.03 Å². The third kappa shape index (κ3) is 3.99. The van der Waals surface area contributed by atoms with Crippen molar-refractivity contribution in [3.63, 3.8) is 0 Å². The van der Waals surface area contributed by atoms with Gasteiger partial charge in [-0.1, -0.05) is 24.3 Å². The standard InChI is InChI=1S/C18H23N3O3S/c1-12-5-3-4-6-13(12)16-15(17(22)24-2)14(19-18(23)20-16)11-21-7-9-25-10-8-21/h3-6,16H,7-11H2,1-2H3,(H2,19,20,23)/p+1/t16-/m1/s1. The maximum Gasteiger partial charge on any atom is 0.338 e. The van der Waals surface area contributed by atoms with Crippen LogP contribution in [-0.2, 0) is 9.53 Å². The van der Waals surface area contributed by atoms with Crippen molar-refractivity contribution in [1.82, 2.24) is 10.6 Å². The smallest absolute Gasteiger partial charge is 0.338 e. The quantitative estimate of drug-likeness (QED) is 0.679. The van der Waals surface area contributed by atoms with Crippen LogP contribution in [0.3, 0.4) is 0 Å². The molecule has 1 aromatic rings. The topological polar surface area (TPSA) is 71.9 Å². The van der Waals surface area contributed by atoms with Crippen LogP contribution in [0.25, 0.3) is 0 Å². The number of quaternary nitrogens is 1. The van der Waals surface area contributed by atoms with Crippen molar-refractivity contribution in [2.45, 2.75) is 13.0 Å². The minimum Gasteiger partial charge on any atom is -0.466 e. The number of benzene rings is 1. The molecule has 0 saturated carbocycles. The highest BCUT2D eigenvalue weighted by Gasteiger charge is 2.35. The molecular formula is C18H24N3O3S+. The van der Waals surface area contributed by atoms with Crippen molar-refractivity contribution in [3.05, 3.63) is 46.7 Å². The zero-order valence-electron chi connectivity index (χ0n) is 14.6. The van der Waals surface area contributed by atoms with Gasteiger partial charge in [0, 0.05) is 11.5 Å². The summed E-state index contributed by atoms with van der Waals surface area (Å²) < 4.78 is 5.03. The van der Waals surface area contributed by atoms with Crippen molar-refractivity contribution >= 4 is 23.8 Å². The molecule has 25 heavy (non-hydrogen) atoms. The molecule has 2 aliphatic heterocycles. The molecule has 1 atom stereocenters. The number of urea groups is 1. The predicted octanol–water partition coefficient (Wildman–Crippen LogP) is 0.408. The molecule has 2 amide bonds. The Labute approximate surface area is 152 Å². The van der Waals surface area contributed by atoms with Crippen LogP contribution >= 0.6 is 11.8 Å². The van der Waals surface area contributed by atoms with Crippen LogP contribution < -0.4 is 15.5 Å². The molecule has 1 fully saturated rings. The molecule has 1 saturated heterocycles. The molecule has 2 heterocycles. The van der Waals surface area contributed by atoms with Gasteiger partial charge in [0.05, 0.1) is 37.5 Å². The second-order valence-corrected chi connectivity index (χ2v) is 7.54. The number of thioether (sulfide) groups is 1. The average Bonchev–Trinajstić information content (AvgIpc) is 2.62. The number of ether oxygens (including phenoxy) is 1. The zero-order chi connectivity index (χ0) is 17.8. The van der Waals surface area contributed by atoms with Crippen LogP contribution in [0, 0.1) is 6.92 Å². The van der Waals surface area contributed by atoms with Gasteiger partial charge >= 0.3 is 12.0 Å². The highest BCUT2D eigenvalue weighted by molar-refractivity contribution is 7.99. The Morgan fingerprint density at radius 3 is 2.72 bits per heavy atom. The van der Waals surface area contributed by atoms with Crippen molar-refractivity contribution in [2.75, 3.05) is 38.2 Å². The lowest BCUT2D eigenvalue weighted by molar-refractivity contribution is -0.891. The van der Waals surface area contributed by atoms with E-state index in [1.165, 1.54) is 12.0 Å². The Bertz CT molecular complexity index is 699. The largest absolute Gasteiger partial charge is 0.466 e.